The summed E-state index contributed by atoms with van der Waals surface area (Å²) in [7, 11) is 0. The van der Waals surface area contributed by atoms with Gasteiger partial charge in [0, 0.05) is 44.3 Å². The maximum atomic E-state index is 14.7. The van der Waals surface area contributed by atoms with Crippen LogP contribution in [0.5, 0.6) is 0 Å². The SMILES string of the molecule is CCC(=O)NCCN1C(=O)C2(CCCC2)Cc2cc(C(F)(F)F)c(C(=O)N(C(C)C)[C@@H]3CCCN(C(=O)OC(C)(C)C)C3)cc21. The smallest absolute Gasteiger partial charge is 0.417 e. The van der Waals surface area contributed by atoms with Crippen molar-refractivity contribution in [2.24, 2.45) is 5.41 Å². The molecule has 1 saturated carbocycles. The Hall–Kier alpha value is -3.31. The van der Waals surface area contributed by atoms with E-state index in [1.54, 1.807) is 41.5 Å². The number of halogens is 3. The number of carbonyl (C=O) groups is 4. The van der Waals surface area contributed by atoms with Crippen LogP contribution in [0.3, 0.4) is 0 Å². The van der Waals surface area contributed by atoms with Gasteiger partial charge in [-0.2, -0.15) is 13.2 Å². The topological polar surface area (TPSA) is 99.3 Å². The Bertz CT molecular complexity index is 1300. The van der Waals surface area contributed by atoms with Gasteiger partial charge >= 0.3 is 12.3 Å². The average Bonchev–Trinajstić information content (AvgIpc) is 3.42. The monoisotopic (exact) mass is 636 g/mol. The molecule has 0 bridgehead atoms. The number of piperidine rings is 1. The number of benzene rings is 1. The first-order chi connectivity index (χ1) is 21.0. The van der Waals surface area contributed by atoms with Crippen LogP contribution in [0.2, 0.25) is 0 Å². The highest BCUT2D eigenvalue weighted by molar-refractivity contribution is 6.04. The van der Waals surface area contributed by atoms with Crippen LogP contribution in [0, 0.1) is 5.41 Å². The average molecular weight is 637 g/mol. The molecule has 2 fully saturated rings. The Morgan fingerprint density at radius 1 is 1.11 bits per heavy atom. The third kappa shape index (κ3) is 7.57. The molecule has 4 rings (SSSR count). The Kier molecular flexibility index (Phi) is 10.1. The number of rotatable bonds is 7. The molecule has 12 heteroatoms. The zero-order chi connectivity index (χ0) is 33.3. The molecule has 0 radical (unpaired) electrons. The van der Waals surface area contributed by atoms with Gasteiger partial charge in [0.2, 0.25) is 11.8 Å². The third-order valence-corrected chi connectivity index (χ3v) is 9.04. The first kappa shape index (κ1) is 34.6. The maximum absolute atomic E-state index is 14.7. The van der Waals surface area contributed by atoms with E-state index in [1.807, 2.05) is 0 Å². The number of nitrogens with one attached hydrogen (secondary N) is 1. The summed E-state index contributed by atoms with van der Waals surface area (Å²) in [6.07, 6.45) is -1.03. The second kappa shape index (κ2) is 13.2. The number of hydrogen-bond donors (Lipinski definition) is 1. The second-order valence-electron chi connectivity index (χ2n) is 13.9. The normalized spacial score (nSPS) is 20.0. The van der Waals surface area contributed by atoms with Crippen LogP contribution in [0.25, 0.3) is 0 Å². The van der Waals surface area contributed by atoms with Crippen LogP contribution in [-0.2, 0) is 26.9 Å². The van der Waals surface area contributed by atoms with E-state index in [-0.39, 0.29) is 50.0 Å². The molecule has 2 heterocycles. The van der Waals surface area contributed by atoms with Crippen molar-refractivity contribution in [3.63, 3.8) is 0 Å². The molecule has 0 unspecified atom stereocenters. The quantitative estimate of drug-likeness (QED) is 0.400. The molecule has 1 saturated heterocycles. The van der Waals surface area contributed by atoms with Crippen LogP contribution < -0.4 is 10.2 Å². The van der Waals surface area contributed by atoms with Gasteiger partial charge in [-0.05, 0) is 84.4 Å². The summed E-state index contributed by atoms with van der Waals surface area (Å²) >= 11 is 0. The largest absolute Gasteiger partial charge is 0.444 e. The Labute approximate surface area is 263 Å². The first-order valence-corrected chi connectivity index (χ1v) is 16.1. The fourth-order valence-corrected chi connectivity index (χ4v) is 7.00. The minimum absolute atomic E-state index is 0.0830. The highest BCUT2D eigenvalue weighted by Crippen LogP contribution is 2.49. The molecule has 2 aliphatic heterocycles. The Morgan fingerprint density at radius 3 is 2.36 bits per heavy atom. The lowest BCUT2D eigenvalue weighted by molar-refractivity contribution is -0.138. The predicted molar refractivity (Wildman–Crippen MR) is 164 cm³/mol. The number of ether oxygens (including phenoxy) is 1. The van der Waals surface area contributed by atoms with Crippen molar-refractivity contribution in [2.45, 2.75) is 117 Å². The fourth-order valence-electron chi connectivity index (χ4n) is 7.00. The van der Waals surface area contributed by atoms with Gasteiger partial charge in [0.15, 0.2) is 0 Å². The van der Waals surface area contributed by atoms with Crippen molar-refractivity contribution in [1.29, 1.82) is 0 Å². The van der Waals surface area contributed by atoms with Crippen molar-refractivity contribution < 1.29 is 37.1 Å². The molecule has 9 nitrogen and oxygen atoms in total. The highest BCUT2D eigenvalue weighted by Gasteiger charge is 2.49. The Balaban J connectivity index is 1.74. The molecule has 1 aliphatic carbocycles. The van der Waals surface area contributed by atoms with E-state index in [0.29, 0.717) is 37.8 Å². The zero-order valence-electron chi connectivity index (χ0n) is 27.3. The minimum Gasteiger partial charge on any atom is -0.444 e. The summed E-state index contributed by atoms with van der Waals surface area (Å²) in [5, 5.41) is 2.76. The molecule has 1 aromatic carbocycles. The van der Waals surface area contributed by atoms with Gasteiger partial charge in [0.1, 0.15) is 5.60 Å². The molecule has 3 aliphatic rings. The Morgan fingerprint density at radius 2 is 1.78 bits per heavy atom. The van der Waals surface area contributed by atoms with Crippen LogP contribution in [0.4, 0.5) is 23.7 Å². The van der Waals surface area contributed by atoms with Gasteiger partial charge in [-0.3, -0.25) is 14.4 Å². The van der Waals surface area contributed by atoms with Crippen LogP contribution in [-0.4, -0.2) is 77.5 Å². The lowest BCUT2D eigenvalue weighted by atomic mass is 9.74. The van der Waals surface area contributed by atoms with Crippen molar-refractivity contribution in [2.75, 3.05) is 31.1 Å². The maximum Gasteiger partial charge on any atom is 0.417 e. The van der Waals surface area contributed by atoms with Crippen molar-refractivity contribution in [1.82, 2.24) is 15.1 Å². The molecule has 1 spiro atoms. The number of anilines is 1. The summed E-state index contributed by atoms with van der Waals surface area (Å²) in [5.41, 5.74) is -2.40. The van der Waals surface area contributed by atoms with Gasteiger partial charge in [-0.15, -0.1) is 0 Å². The number of likely N-dealkylation sites (tertiary alicyclic amines) is 1. The van der Waals surface area contributed by atoms with E-state index in [9.17, 15) is 32.3 Å². The molecule has 45 heavy (non-hydrogen) atoms. The van der Waals surface area contributed by atoms with Gasteiger partial charge < -0.3 is 24.8 Å². The second-order valence-corrected chi connectivity index (χ2v) is 13.9. The van der Waals surface area contributed by atoms with E-state index in [0.717, 1.165) is 18.9 Å². The minimum atomic E-state index is -4.82. The van der Waals surface area contributed by atoms with E-state index < -0.39 is 52.4 Å². The number of carbonyl (C=O) groups excluding carboxylic acids is 4. The standard InChI is InChI=1S/C33H47F3N4O5/c1-7-27(41)37-14-16-39-26-18-24(25(33(34,35)36)17-22(26)19-32(29(39)43)12-8-9-13-32)28(42)40(21(2)3)23-11-10-15-38(20-23)30(44)45-31(4,5)6/h17-18,21,23H,7-16,19-20H2,1-6H3,(H,37,41)/t23-/m1/s1. The predicted octanol–water partition coefficient (Wildman–Crippen LogP) is 5.93. The molecule has 0 aromatic heterocycles. The van der Waals surface area contributed by atoms with Gasteiger partial charge in [-0.25, -0.2) is 4.79 Å². The first-order valence-electron chi connectivity index (χ1n) is 16.1. The number of hydrogen-bond acceptors (Lipinski definition) is 5. The summed E-state index contributed by atoms with van der Waals surface area (Å²) in [6.45, 7) is 11.2. The molecular formula is C33H47F3N4O5. The van der Waals surface area contributed by atoms with Crippen LogP contribution in [0.15, 0.2) is 12.1 Å². The summed E-state index contributed by atoms with van der Waals surface area (Å²) < 4.78 is 49.7. The van der Waals surface area contributed by atoms with Crippen LogP contribution >= 0.6 is 0 Å². The number of amides is 4. The number of nitrogens with zero attached hydrogens (tertiary/aromatic N) is 3. The van der Waals surface area contributed by atoms with Crippen molar-refractivity contribution in [3.8, 4) is 0 Å². The summed E-state index contributed by atoms with van der Waals surface area (Å²) in [4.78, 5) is 57.4. The summed E-state index contributed by atoms with van der Waals surface area (Å²) in [6, 6.07) is 1.28. The van der Waals surface area contributed by atoms with Gasteiger partial charge in [0.05, 0.1) is 22.6 Å². The van der Waals surface area contributed by atoms with Crippen molar-refractivity contribution >= 4 is 29.5 Å². The van der Waals surface area contributed by atoms with Crippen LogP contribution in [0.1, 0.15) is 108 Å². The molecule has 1 N–H and O–H groups in total. The molecule has 1 atom stereocenters. The highest BCUT2D eigenvalue weighted by atomic mass is 19.4. The molecule has 1 aromatic rings. The molecule has 250 valence electrons. The molecular weight excluding hydrogens is 589 g/mol. The lowest BCUT2D eigenvalue weighted by Crippen LogP contribution is -2.55. The number of alkyl halides is 3. The zero-order valence-corrected chi connectivity index (χ0v) is 27.3. The van der Waals surface area contributed by atoms with E-state index in [4.69, 9.17) is 4.74 Å². The van der Waals surface area contributed by atoms with Gasteiger partial charge in [0.25, 0.3) is 5.91 Å². The van der Waals surface area contributed by atoms with Crippen molar-refractivity contribution in [3.05, 3.63) is 28.8 Å². The fraction of sp³-hybridized carbons (Fsp3) is 0.697. The van der Waals surface area contributed by atoms with Gasteiger partial charge in [-0.1, -0.05) is 19.8 Å². The summed E-state index contributed by atoms with van der Waals surface area (Å²) in [5.74, 6) is -1.17. The number of fused-ring (bicyclic) bond motifs is 1. The molecule has 4 amide bonds. The third-order valence-electron chi connectivity index (χ3n) is 9.04. The van der Waals surface area contributed by atoms with E-state index in [1.165, 1.54) is 20.8 Å². The lowest BCUT2D eigenvalue weighted by Gasteiger charge is -2.43. The van der Waals surface area contributed by atoms with E-state index >= 15 is 0 Å². The van der Waals surface area contributed by atoms with E-state index in [2.05, 4.69) is 5.32 Å².